The van der Waals surface area contributed by atoms with E-state index < -0.39 is 10.9 Å². The number of nitrogens with one attached hydrogen (secondary N) is 1. The molecule has 1 aromatic rings. The van der Waals surface area contributed by atoms with Gasteiger partial charge in [-0.15, -0.1) is 0 Å². The van der Waals surface area contributed by atoms with Gasteiger partial charge in [0.2, 0.25) is 0 Å². The second-order valence-corrected chi connectivity index (χ2v) is 5.35. The highest BCUT2D eigenvalue weighted by atomic mass is 16.6. The molecule has 114 valence electrons. The Morgan fingerprint density at radius 3 is 2.57 bits per heavy atom. The Hall–Kier alpha value is -2.15. The van der Waals surface area contributed by atoms with Gasteiger partial charge in [-0.3, -0.25) is 10.1 Å². The minimum Gasteiger partial charge on any atom is -0.478 e. The summed E-state index contributed by atoms with van der Waals surface area (Å²) in [5.41, 5.74) is 0.115. The maximum atomic E-state index is 11.0. The lowest BCUT2D eigenvalue weighted by Crippen LogP contribution is -2.23. The molecule has 0 heterocycles. The van der Waals surface area contributed by atoms with Crippen molar-refractivity contribution in [3.63, 3.8) is 0 Å². The summed E-state index contributed by atoms with van der Waals surface area (Å²) in [5.74, 6) is -0.782. The normalized spacial score (nSPS) is 21.8. The molecule has 0 aromatic heterocycles. The Morgan fingerprint density at radius 2 is 2.00 bits per heavy atom. The van der Waals surface area contributed by atoms with Crippen LogP contribution in [-0.2, 0) is 0 Å². The van der Waals surface area contributed by atoms with E-state index in [1.807, 2.05) is 0 Å². The molecule has 1 aliphatic carbocycles. The van der Waals surface area contributed by atoms with E-state index in [4.69, 9.17) is 5.11 Å². The van der Waals surface area contributed by atoms with Crippen molar-refractivity contribution in [3.05, 3.63) is 33.9 Å². The lowest BCUT2D eigenvalue weighted by atomic mass is 9.87. The van der Waals surface area contributed by atoms with Crippen molar-refractivity contribution in [2.24, 2.45) is 5.92 Å². The first kappa shape index (κ1) is 15.2. The van der Waals surface area contributed by atoms with Crippen LogP contribution in [0.2, 0.25) is 0 Å². The second-order valence-electron chi connectivity index (χ2n) is 5.35. The number of carbonyl (C=O) groups is 1. The lowest BCUT2D eigenvalue weighted by Gasteiger charge is -2.25. The number of rotatable bonds is 5. The van der Waals surface area contributed by atoms with Crippen LogP contribution in [0.1, 0.15) is 36.0 Å². The summed E-state index contributed by atoms with van der Waals surface area (Å²) < 4.78 is 0. The number of nitro benzene ring substituents is 1. The Morgan fingerprint density at radius 1 is 1.33 bits per heavy atom. The zero-order chi connectivity index (χ0) is 15.4. The number of aromatic carboxylic acids is 1. The number of anilines is 1. The fraction of sp³-hybridized carbons (Fsp3) is 0.500. The molecule has 1 aliphatic rings. The smallest absolute Gasteiger partial charge is 0.335 e. The first-order valence-electron chi connectivity index (χ1n) is 6.91. The molecule has 0 amide bonds. The fourth-order valence-electron chi connectivity index (χ4n) is 2.57. The van der Waals surface area contributed by atoms with E-state index in [0.29, 0.717) is 12.5 Å². The van der Waals surface area contributed by atoms with Gasteiger partial charge >= 0.3 is 5.97 Å². The van der Waals surface area contributed by atoms with Crippen LogP contribution in [0.5, 0.6) is 0 Å². The molecular weight excluding hydrogens is 276 g/mol. The number of nitro groups is 1. The van der Waals surface area contributed by atoms with E-state index in [9.17, 15) is 20.0 Å². The standard InChI is InChI=1S/C14H18N2O5/c17-11-4-1-9(2-5-11)8-15-12-7-10(14(18)19)3-6-13(12)16(20)21/h3,6-7,9,11,15,17H,1-2,4-5,8H2,(H,18,19). The first-order valence-corrected chi connectivity index (χ1v) is 6.91. The van der Waals surface area contributed by atoms with E-state index in [0.717, 1.165) is 25.7 Å². The van der Waals surface area contributed by atoms with E-state index in [1.165, 1.54) is 18.2 Å². The molecule has 3 N–H and O–H groups in total. The van der Waals surface area contributed by atoms with Gasteiger partial charge in [0.25, 0.3) is 5.69 Å². The first-order chi connectivity index (χ1) is 9.97. The molecule has 1 fully saturated rings. The number of hydrogen-bond acceptors (Lipinski definition) is 5. The number of aliphatic hydroxyl groups excluding tert-OH is 1. The van der Waals surface area contributed by atoms with Crippen LogP contribution < -0.4 is 5.32 Å². The Labute approximate surface area is 121 Å². The van der Waals surface area contributed by atoms with Gasteiger partial charge in [0, 0.05) is 12.6 Å². The molecule has 0 aliphatic heterocycles. The highest BCUT2D eigenvalue weighted by molar-refractivity contribution is 5.90. The molecule has 7 heteroatoms. The molecule has 2 rings (SSSR count). The Kier molecular flexibility index (Phi) is 4.74. The van der Waals surface area contributed by atoms with Crippen molar-refractivity contribution in [1.29, 1.82) is 0 Å². The monoisotopic (exact) mass is 294 g/mol. The van der Waals surface area contributed by atoms with Crippen LogP contribution in [0, 0.1) is 16.0 Å². The fourth-order valence-corrected chi connectivity index (χ4v) is 2.57. The molecule has 0 radical (unpaired) electrons. The second kappa shape index (κ2) is 6.53. The van der Waals surface area contributed by atoms with Crippen molar-refractivity contribution in [3.8, 4) is 0 Å². The van der Waals surface area contributed by atoms with E-state index in [2.05, 4.69) is 5.32 Å². The van der Waals surface area contributed by atoms with Crippen molar-refractivity contribution in [2.45, 2.75) is 31.8 Å². The third-order valence-electron chi connectivity index (χ3n) is 3.84. The van der Waals surface area contributed by atoms with Gasteiger partial charge in [-0.25, -0.2) is 4.79 Å². The van der Waals surface area contributed by atoms with Crippen molar-refractivity contribution >= 4 is 17.3 Å². The summed E-state index contributed by atoms with van der Waals surface area (Å²) in [6.07, 6.45) is 2.96. The predicted molar refractivity (Wildman–Crippen MR) is 76.5 cm³/mol. The molecule has 7 nitrogen and oxygen atoms in total. The van der Waals surface area contributed by atoms with Gasteiger partial charge in [-0.1, -0.05) is 0 Å². The number of nitrogens with zero attached hydrogens (tertiary/aromatic N) is 1. The van der Waals surface area contributed by atoms with E-state index >= 15 is 0 Å². The number of hydrogen-bond donors (Lipinski definition) is 3. The zero-order valence-electron chi connectivity index (χ0n) is 11.5. The molecular formula is C14H18N2O5. The molecule has 21 heavy (non-hydrogen) atoms. The summed E-state index contributed by atoms with van der Waals surface area (Å²) >= 11 is 0. The van der Waals surface area contributed by atoms with Gasteiger partial charge < -0.3 is 15.5 Å². The Bertz CT molecular complexity index is 538. The van der Waals surface area contributed by atoms with Crippen LogP contribution in [0.4, 0.5) is 11.4 Å². The topological polar surface area (TPSA) is 113 Å². The highest BCUT2D eigenvalue weighted by Gasteiger charge is 2.21. The van der Waals surface area contributed by atoms with Crippen molar-refractivity contribution in [1.82, 2.24) is 0 Å². The van der Waals surface area contributed by atoms with Crippen LogP contribution in [0.15, 0.2) is 18.2 Å². The van der Waals surface area contributed by atoms with Gasteiger partial charge in [-0.2, -0.15) is 0 Å². The highest BCUT2D eigenvalue weighted by Crippen LogP contribution is 2.28. The van der Waals surface area contributed by atoms with Crippen LogP contribution in [0.3, 0.4) is 0 Å². The van der Waals surface area contributed by atoms with Crippen molar-refractivity contribution < 1.29 is 19.9 Å². The molecule has 1 saturated carbocycles. The SMILES string of the molecule is O=C(O)c1ccc([N+](=O)[O-])c(NCC2CCC(O)CC2)c1. The van der Waals surface area contributed by atoms with E-state index in [-0.39, 0.29) is 23.0 Å². The number of benzene rings is 1. The van der Waals surface area contributed by atoms with Gasteiger partial charge in [0.05, 0.1) is 16.6 Å². The maximum Gasteiger partial charge on any atom is 0.335 e. The van der Waals surface area contributed by atoms with Gasteiger partial charge in [-0.05, 0) is 43.7 Å². The van der Waals surface area contributed by atoms with Crippen LogP contribution >= 0.6 is 0 Å². The minimum atomic E-state index is -1.12. The minimum absolute atomic E-state index is 0.0159. The average Bonchev–Trinajstić information content (AvgIpc) is 2.46. The maximum absolute atomic E-state index is 11.0. The summed E-state index contributed by atoms with van der Waals surface area (Å²) in [5, 5.41) is 32.4. The predicted octanol–water partition coefficient (Wildman–Crippen LogP) is 2.26. The van der Waals surface area contributed by atoms with Crippen LogP contribution in [0.25, 0.3) is 0 Å². The van der Waals surface area contributed by atoms with Gasteiger partial charge in [0.1, 0.15) is 5.69 Å². The molecule has 0 bridgehead atoms. The molecule has 1 aromatic carbocycles. The quantitative estimate of drug-likeness (QED) is 0.567. The van der Waals surface area contributed by atoms with Gasteiger partial charge in [0.15, 0.2) is 0 Å². The van der Waals surface area contributed by atoms with Crippen LogP contribution in [-0.4, -0.2) is 33.8 Å². The third kappa shape index (κ3) is 3.91. The molecule has 0 spiro atoms. The average molecular weight is 294 g/mol. The van der Waals surface area contributed by atoms with E-state index in [1.54, 1.807) is 0 Å². The van der Waals surface area contributed by atoms with Crippen molar-refractivity contribution in [2.75, 3.05) is 11.9 Å². The zero-order valence-corrected chi connectivity index (χ0v) is 11.5. The number of carboxylic acid groups (broad SMARTS) is 1. The third-order valence-corrected chi connectivity index (χ3v) is 3.84. The summed E-state index contributed by atoms with van der Waals surface area (Å²) in [4.78, 5) is 21.4. The summed E-state index contributed by atoms with van der Waals surface area (Å²) in [7, 11) is 0. The number of carboxylic acids is 1. The lowest BCUT2D eigenvalue weighted by molar-refractivity contribution is -0.384. The molecule has 0 saturated heterocycles. The summed E-state index contributed by atoms with van der Waals surface area (Å²) in [6, 6.07) is 3.72. The molecule has 0 unspecified atom stereocenters. The molecule has 0 atom stereocenters. The number of aliphatic hydroxyl groups is 1. The largest absolute Gasteiger partial charge is 0.478 e. The Balaban J connectivity index is 2.08. The summed E-state index contributed by atoms with van der Waals surface area (Å²) in [6.45, 7) is 0.538.